The number of benzene rings is 5. The van der Waals surface area contributed by atoms with Crippen LogP contribution >= 0.6 is 0 Å². The summed E-state index contributed by atoms with van der Waals surface area (Å²) in [4.78, 5) is 10.4. The Morgan fingerprint density at radius 3 is 1.72 bits per heavy atom. The third-order valence-corrected chi connectivity index (χ3v) is 10.8. The van der Waals surface area contributed by atoms with Crippen LogP contribution in [0, 0.1) is 6.07 Å². The van der Waals surface area contributed by atoms with Gasteiger partial charge >= 0.3 is 0 Å². The summed E-state index contributed by atoms with van der Waals surface area (Å²) >= 11 is 0. The third kappa shape index (κ3) is 8.30. The molecule has 5 heteroatoms. The molecule has 0 atom stereocenters. The van der Waals surface area contributed by atoms with Gasteiger partial charge in [0.25, 0.3) is 0 Å². The van der Waals surface area contributed by atoms with Crippen LogP contribution in [0.1, 0.15) is 105 Å². The van der Waals surface area contributed by atoms with E-state index in [4.69, 9.17) is 9.97 Å². The maximum Gasteiger partial charge on any atom is 0.148 e. The fourth-order valence-corrected chi connectivity index (χ4v) is 7.54. The van der Waals surface area contributed by atoms with Gasteiger partial charge in [0.15, 0.2) is 0 Å². The van der Waals surface area contributed by atoms with Gasteiger partial charge in [0.1, 0.15) is 11.6 Å². The van der Waals surface area contributed by atoms with Crippen molar-refractivity contribution in [2.75, 3.05) is 0 Å². The van der Waals surface area contributed by atoms with E-state index in [1.165, 1.54) is 27.8 Å². The molecule has 0 fully saturated rings. The number of phenolic OH excluding ortho intramolecular Hbond substituents is 1. The number of hydrogen-bond donors (Lipinski definition) is 1. The molecule has 5 aromatic carbocycles. The molecule has 57 heavy (non-hydrogen) atoms. The monoisotopic (exact) mass is 933 g/mol. The summed E-state index contributed by atoms with van der Waals surface area (Å²) in [7, 11) is 0. The Morgan fingerprint density at radius 2 is 1.12 bits per heavy atom. The van der Waals surface area contributed by atoms with Crippen LogP contribution < -0.4 is 0 Å². The average molecular weight is 934 g/mol. The molecule has 0 saturated heterocycles. The van der Waals surface area contributed by atoms with Crippen molar-refractivity contribution in [2.45, 2.75) is 105 Å². The summed E-state index contributed by atoms with van der Waals surface area (Å²) in [6, 6.07) is 42.0. The molecule has 0 aliphatic rings. The Labute approximate surface area is 354 Å². The number of para-hydroxylation sites is 3. The van der Waals surface area contributed by atoms with Gasteiger partial charge in [0.2, 0.25) is 0 Å². The summed E-state index contributed by atoms with van der Waals surface area (Å²) in [6.07, 6.45) is 1.95. The van der Waals surface area contributed by atoms with Crippen LogP contribution in [0.2, 0.25) is 0 Å². The van der Waals surface area contributed by atoms with E-state index in [2.05, 4.69) is 160 Å². The van der Waals surface area contributed by atoms with Crippen molar-refractivity contribution in [3.05, 3.63) is 144 Å². The van der Waals surface area contributed by atoms with Gasteiger partial charge in [-0.3, -0.25) is 9.55 Å². The van der Waals surface area contributed by atoms with Crippen LogP contribution in [-0.4, -0.2) is 19.6 Å². The predicted molar refractivity (Wildman–Crippen MR) is 236 cm³/mol. The van der Waals surface area contributed by atoms with Crippen molar-refractivity contribution < 1.29 is 26.2 Å². The van der Waals surface area contributed by atoms with Gasteiger partial charge in [-0.15, -0.1) is 28.8 Å². The summed E-state index contributed by atoms with van der Waals surface area (Å²) in [6.45, 7) is 27.4. The zero-order valence-corrected chi connectivity index (χ0v) is 37.8. The van der Waals surface area contributed by atoms with Crippen molar-refractivity contribution in [1.82, 2.24) is 14.5 Å². The van der Waals surface area contributed by atoms with Crippen LogP contribution in [0.3, 0.4) is 0 Å². The van der Waals surface area contributed by atoms with E-state index < -0.39 is 0 Å². The van der Waals surface area contributed by atoms with Gasteiger partial charge in [-0.2, -0.15) is 0 Å². The fourth-order valence-electron chi connectivity index (χ4n) is 7.54. The number of hydrogen-bond acceptors (Lipinski definition) is 3. The first-order chi connectivity index (χ1) is 26.2. The zero-order chi connectivity index (χ0) is 40.4. The molecule has 1 N–H and O–H groups in total. The second kappa shape index (κ2) is 15.2. The molecule has 0 unspecified atom stereocenters. The minimum Gasteiger partial charge on any atom is -0.507 e. The number of aromatic nitrogens is 3. The van der Waals surface area contributed by atoms with Gasteiger partial charge in [-0.25, -0.2) is 4.98 Å². The Morgan fingerprint density at radius 1 is 0.544 bits per heavy atom. The van der Waals surface area contributed by atoms with Crippen LogP contribution in [-0.2, 0) is 42.7 Å². The molecular weight excluding hydrogens is 878 g/mol. The summed E-state index contributed by atoms with van der Waals surface area (Å²) in [5.41, 5.74) is 14.3. The Hall–Kier alpha value is -4.79. The topological polar surface area (TPSA) is 50.9 Å². The Balaban J connectivity index is 0.00000549. The van der Waals surface area contributed by atoms with E-state index in [1.54, 1.807) is 6.07 Å². The normalized spacial score (nSPS) is 12.5. The smallest absolute Gasteiger partial charge is 0.148 e. The van der Waals surface area contributed by atoms with E-state index in [0.29, 0.717) is 11.4 Å². The first-order valence-corrected chi connectivity index (χ1v) is 19.8. The second-order valence-corrected chi connectivity index (χ2v) is 19.4. The first kappa shape index (κ1) is 41.8. The van der Waals surface area contributed by atoms with E-state index >= 15 is 0 Å². The number of imidazole rings is 1. The molecule has 0 spiro atoms. The van der Waals surface area contributed by atoms with E-state index in [9.17, 15) is 5.11 Å². The maximum atomic E-state index is 11.1. The SMILES string of the molecule is CC(C)(C)c1cc(-c2ccnc(-c3[c-]c(-c4cccc5c4nc(-c4ccccc4O)n5-c4ccccc4)c(C(C)(C)C)cc3C(C)(C)C)c2)cc(C(C)(C)C)c1.[Pt]. The van der Waals surface area contributed by atoms with Crippen molar-refractivity contribution in [1.29, 1.82) is 0 Å². The fraction of sp³-hybridized carbons (Fsp3) is 0.308. The van der Waals surface area contributed by atoms with Crippen LogP contribution in [0.4, 0.5) is 0 Å². The minimum atomic E-state index is -0.207. The van der Waals surface area contributed by atoms with E-state index in [1.807, 2.05) is 42.6 Å². The van der Waals surface area contributed by atoms with Crippen molar-refractivity contribution >= 4 is 11.0 Å². The Kier molecular flexibility index (Phi) is 11.1. The number of rotatable bonds is 5. The molecule has 296 valence electrons. The number of phenols is 1. The van der Waals surface area contributed by atoms with Crippen LogP contribution in [0.15, 0.2) is 115 Å². The molecule has 0 radical (unpaired) electrons. The quantitative estimate of drug-likeness (QED) is 0.175. The number of fused-ring (bicyclic) bond motifs is 1. The summed E-state index contributed by atoms with van der Waals surface area (Å²) < 4.78 is 2.15. The van der Waals surface area contributed by atoms with Crippen molar-refractivity contribution in [2.24, 2.45) is 0 Å². The number of nitrogens with zero attached hydrogens (tertiary/aromatic N) is 3. The van der Waals surface area contributed by atoms with E-state index in [-0.39, 0.29) is 48.5 Å². The average Bonchev–Trinajstić information content (AvgIpc) is 3.53. The molecule has 7 rings (SSSR count). The largest absolute Gasteiger partial charge is 0.507 e. The molecule has 0 aliphatic carbocycles. The molecule has 0 bridgehead atoms. The second-order valence-electron chi connectivity index (χ2n) is 19.4. The van der Waals surface area contributed by atoms with Crippen LogP contribution in [0.25, 0.3) is 61.6 Å². The van der Waals surface area contributed by atoms with Gasteiger partial charge in [0.05, 0.1) is 16.6 Å². The molecule has 0 aliphatic heterocycles. The number of pyridine rings is 1. The predicted octanol–water partition coefficient (Wildman–Crippen LogP) is 13.8. The molecular formula is C52H56N3OPt-. The summed E-state index contributed by atoms with van der Waals surface area (Å²) in [5, 5.41) is 11.1. The maximum absolute atomic E-state index is 11.1. The summed E-state index contributed by atoms with van der Waals surface area (Å²) in [5.74, 6) is 0.871. The first-order valence-electron chi connectivity index (χ1n) is 19.8. The zero-order valence-electron chi connectivity index (χ0n) is 35.6. The third-order valence-electron chi connectivity index (χ3n) is 10.8. The molecule has 7 aromatic rings. The minimum absolute atomic E-state index is 0. The van der Waals surface area contributed by atoms with Gasteiger partial charge in [-0.1, -0.05) is 161 Å². The molecule has 2 heterocycles. The molecule has 0 amide bonds. The Bertz CT molecular complexity index is 2540. The molecule has 0 saturated carbocycles. The van der Waals surface area contributed by atoms with Crippen molar-refractivity contribution in [3.63, 3.8) is 0 Å². The molecule has 2 aromatic heterocycles. The molecule has 4 nitrogen and oxygen atoms in total. The van der Waals surface area contributed by atoms with Gasteiger partial charge in [-0.05, 0) is 80.3 Å². The standard InChI is InChI=1S/C52H56N3O.Pt/c1-49(2,3)35-27-34(28-36(30-35)50(4,5)6)33-25-26-53-44(29-33)41-31-40(42(51(7,8)9)32-43(41)52(10,11)12)38-22-18-23-45-47(38)54-48(39-21-16-17-24-46(39)56)55(45)37-19-14-13-15-20-37;/h13-30,32,56H,1-12H3;/q-1;. The van der Waals surface area contributed by atoms with Crippen LogP contribution in [0.5, 0.6) is 5.75 Å². The van der Waals surface area contributed by atoms with Crippen molar-refractivity contribution in [3.8, 4) is 56.3 Å². The number of aromatic hydroxyl groups is 1. The van der Waals surface area contributed by atoms with E-state index in [0.717, 1.165) is 44.7 Å². The van der Waals surface area contributed by atoms with Gasteiger partial charge in [0, 0.05) is 38.6 Å². The van der Waals surface area contributed by atoms with Gasteiger partial charge < -0.3 is 5.11 Å².